The van der Waals surface area contributed by atoms with Crippen molar-refractivity contribution in [2.24, 2.45) is 0 Å². The molecule has 0 aliphatic rings. The third kappa shape index (κ3) is 41.5. The van der Waals surface area contributed by atoms with E-state index in [-0.39, 0.29) is 38.6 Å². The van der Waals surface area contributed by atoms with Gasteiger partial charge in [-0.3, -0.25) is 9.59 Å². The van der Waals surface area contributed by atoms with Crippen molar-refractivity contribution in [1.29, 1.82) is 0 Å². The maximum Gasteiger partial charge on any atom is 0.306 e. The van der Waals surface area contributed by atoms with Crippen molar-refractivity contribution >= 4 is 17.9 Å². The highest BCUT2D eigenvalue weighted by molar-refractivity contribution is 5.70. The SMILES string of the molecule is CCCCCC/C=C\C/C=C\CCCCCCCCCC(=O)OC(COC(=O)CCCCCCC/C=C\CCCCCCC)COC(OCC[N+](C)(C)C)C(=O)[O-]. The fraction of sp³-hybridized carbons (Fsp3) is 0.812. The number of hydrogen-bond donors (Lipinski definition) is 0. The number of ether oxygens (including phenoxy) is 4. The van der Waals surface area contributed by atoms with Crippen molar-refractivity contribution in [2.75, 3.05) is 47.5 Å². The van der Waals surface area contributed by atoms with Gasteiger partial charge in [-0.15, -0.1) is 0 Å². The van der Waals surface area contributed by atoms with Gasteiger partial charge in [-0.25, -0.2) is 0 Å². The second kappa shape index (κ2) is 40.3. The minimum atomic E-state index is -1.62. The minimum absolute atomic E-state index is 0.145. The fourth-order valence-electron chi connectivity index (χ4n) is 6.21. The molecule has 0 aliphatic heterocycles. The molecular formula is C48H87NO8. The fourth-order valence-corrected chi connectivity index (χ4v) is 6.21. The number of carboxylic acid groups (broad SMARTS) is 1. The molecular weight excluding hydrogens is 719 g/mol. The lowest BCUT2D eigenvalue weighted by Gasteiger charge is -2.26. The van der Waals surface area contributed by atoms with E-state index in [2.05, 4.69) is 50.3 Å². The van der Waals surface area contributed by atoms with Gasteiger partial charge in [0.2, 0.25) is 0 Å². The van der Waals surface area contributed by atoms with Crippen LogP contribution in [0.25, 0.3) is 0 Å². The first-order chi connectivity index (χ1) is 27.6. The van der Waals surface area contributed by atoms with Gasteiger partial charge in [0.05, 0.1) is 40.3 Å². The maximum atomic E-state index is 12.8. The number of carbonyl (C=O) groups excluding carboxylic acids is 3. The highest BCUT2D eigenvalue weighted by Gasteiger charge is 2.21. The molecule has 9 heteroatoms. The molecule has 2 atom stereocenters. The van der Waals surface area contributed by atoms with Crippen LogP contribution in [0.1, 0.15) is 194 Å². The number of aliphatic carboxylic acids is 1. The molecule has 0 bridgehead atoms. The zero-order valence-corrected chi connectivity index (χ0v) is 37.5. The lowest BCUT2D eigenvalue weighted by molar-refractivity contribution is -0.870. The summed E-state index contributed by atoms with van der Waals surface area (Å²) in [5, 5.41) is 11.7. The first-order valence-electron chi connectivity index (χ1n) is 23.1. The number of nitrogens with zero attached hydrogens (tertiary/aromatic N) is 1. The molecule has 57 heavy (non-hydrogen) atoms. The van der Waals surface area contributed by atoms with Crippen molar-refractivity contribution in [3.8, 4) is 0 Å². The Balaban J connectivity index is 4.44. The molecule has 0 aromatic carbocycles. The maximum absolute atomic E-state index is 12.8. The molecule has 0 N–H and O–H groups in total. The summed E-state index contributed by atoms with van der Waals surface area (Å²) >= 11 is 0. The Bertz CT molecular complexity index is 1030. The van der Waals surface area contributed by atoms with Crippen LogP contribution in [0.5, 0.6) is 0 Å². The molecule has 0 aliphatic carbocycles. The van der Waals surface area contributed by atoms with Gasteiger partial charge in [-0.05, 0) is 70.6 Å². The zero-order valence-electron chi connectivity index (χ0n) is 37.5. The molecule has 332 valence electrons. The molecule has 9 nitrogen and oxygen atoms in total. The second-order valence-corrected chi connectivity index (χ2v) is 16.7. The average Bonchev–Trinajstić information content (AvgIpc) is 3.17. The van der Waals surface area contributed by atoms with Crippen LogP contribution in [0.2, 0.25) is 0 Å². The smallest absolute Gasteiger partial charge is 0.306 e. The van der Waals surface area contributed by atoms with Gasteiger partial charge in [0.15, 0.2) is 12.4 Å². The van der Waals surface area contributed by atoms with Crippen LogP contribution in [0.3, 0.4) is 0 Å². The number of quaternary nitrogens is 1. The molecule has 0 saturated heterocycles. The van der Waals surface area contributed by atoms with Crippen molar-refractivity contribution in [3.05, 3.63) is 36.5 Å². The summed E-state index contributed by atoms with van der Waals surface area (Å²) in [7, 11) is 5.90. The van der Waals surface area contributed by atoms with Crippen LogP contribution in [0.15, 0.2) is 36.5 Å². The topological polar surface area (TPSA) is 111 Å². The second-order valence-electron chi connectivity index (χ2n) is 16.7. The number of esters is 2. The molecule has 2 unspecified atom stereocenters. The summed E-state index contributed by atoms with van der Waals surface area (Å²) in [5.74, 6) is -2.30. The van der Waals surface area contributed by atoms with Crippen LogP contribution in [-0.2, 0) is 33.3 Å². The molecule has 0 amide bonds. The standard InChI is InChI=1S/C48H87NO8/c1-6-8-10-12-14-16-18-20-22-23-24-25-27-29-31-33-35-37-39-46(51)57-44(43-56-48(47(52)53)54-41-40-49(3,4)5)42-55-45(50)38-36-34-32-30-28-26-21-19-17-15-13-11-9-7-2/h16,18-19,21-23,44,48H,6-15,17,20,24-43H2,1-5H3/b18-16-,21-19-,23-22-. The number of hydrogen-bond acceptors (Lipinski definition) is 8. The van der Waals surface area contributed by atoms with Crippen LogP contribution in [0, 0.1) is 0 Å². The van der Waals surface area contributed by atoms with E-state index in [9.17, 15) is 19.5 Å². The van der Waals surface area contributed by atoms with Crippen molar-refractivity contribution in [3.63, 3.8) is 0 Å². The molecule has 0 aromatic heterocycles. The summed E-state index contributed by atoms with van der Waals surface area (Å²) in [6, 6.07) is 0. The number of carboxylic acids is 1. The van der Waals surface area contributed by atoms with E-state index in [1.807, 2.05) is 21.1 Å². The first-order valence-corrected chi connectivity index (χ1v) is 23.1. The van der Waals surface area contributed by atoms with Gasteiger partial charge in [0.25, 0.3) is 0 Å². The summed E-state index contributed by atoms with van der Waals surface area (Å²) in [6.07, 6.45) is 41.7. The van der Waals surface area contributed by atoms with Gasteiger partial charge >= 0.3 is 11.9 Å². The summed E-state index contributed by atoms with van der Waals surface area (Å²) in [5.41, 5.74) is 0. The Hall–Kier alpha value is -2.49. The highest BCUT2D eigenvalue weighted by atomic mass is 16.7. The molecule has 0 heterocycles. The van der Waals surface area contributed by atoms with Crippen LogP contribution >= 0.6 is 0 Å². The normalized spacial score (nSPS) is 13.2. The van der Waals surface area contributed by atoms with Gasteiger partial charge < -0.3 is 33.3 Å². The van der Waals surface area contributed by atoms with Crippen molar-refractivity contribution < 1.29 is 42.9 Å². The average molecular weight is 806 g/mol. The van der Waals surface area contributed by atoms with Crippen LogP contribution < -0.4 is 5.11 Å². The van der Waals surface area contributed by atoms with Crippen molar-refractivity contribution in [1.82, 2.24) is 0 Å². The van der Waals surface area contributed by atoms with E-state index in [0.717, 1.165) is 70.6 Å². The number of rotatable bonds is 42. The van der Waals surface area contributed by atoms with Crippen LogP contribution in [0.4, 0.5) is 0 Å². The lowest BCUT2D eigenvalue weighted by atomic mass is 10.1. The summed E-state index contributed by atoms with van der Waals surface area (Å²) < 4.78 is 22.5. The largest absolute Gasteiger partial charge is 0.545 e. The first kappa shape index (κ1) is 54.5. The number of carbonyl (C=O) groups is 3. The molecule has 0 spiro atoms. The number of allylic oxidation sites excluding steroid dienone is 6. The molecule has 0 fully saturated rings. The highest BCUT2D eigenvalue weighted by Crippen LogP contribution is 2.13. The Kier molecular flexibility index (Phi) is 38.5. The van der Waals surface area contributed by atoms with Gasteiger partial charge in [0, 0.05) is 12.8 Å². The number of unbranched alkanes of at least 4 members (excludes halogenated alkanes) is 21. The van der Waals surface area contributed by atoms with E-state index in [1.54, 1.807) is 0 Å². The predicted octanol–water partition coefficient (Wildman–Crippen LogP) is 10.9. The minimum Gasteiger partial charge on any atom is -0.545 e. The molecule has 0 aromatic rings. The van der Waals surface area contributed by atoms with E-state index >= 15 is 0 Å². The Morgan fingerprint density at radius 1 is 0.526 bits per heavy atom. The number of likely N-dealkylation sites (N-methyl/N-ethyl adjacent to an activating group) is 1. The van der Waals surface area contributed by atoms with Gasteiger partial charge in [-0.2, -0.15) is 0 Å². The van der Waals surface area contributed by atoms with E-state index in [1.165, 1.54) is 89.9 Å². The van der Waals surface area contributed by atoms with Crippen LogP contribution in [-0.4, -0.2) is 82.3 Å². The summed E-state index contributed by atoms with van der Waals surface area (Å²) in [6.45, 7) is 4.69. The molecule has 0 rings (SSSR count). The van der Waals surface area contributed by atoms with E-state index < -0.39 is 24.3 Å². The summed E-state index contributed by atoms with van der Waals surface area (Å²) in [4.78, 5) is 37.0. The van der Waals surface area contributed by atoms with Gasteiger partial charge in [0.1, 0.15) is 13.2 Å². The molecule has 0 saturated carbocycles. The van der Waals surface area contributed by atoms with E-state index in [0.29, 0.717) is 17.4 Å². The quantitative estimate of drug-likeness (QED) is 0.0197. The predicted molar refractivity (Wildman–Crippen MR) is 232 cm³/mol. The third-order valence-corrected chi connectivity index (χ3v) is 9.86. The Labute approximate surface area is 350 Å². The Morgan fingerprint density at radius 3 is 1.42 bits per heavy atom. The monoisotopic (exact) mass is 806 g/mol. The van der Waals surface area contributed by atoms with Gasteiger partial charge in [-0.1, -0.05) is 147 Å². The third-order valence-electron chi connectivity index (χ3n) is 9.86. The lowest BCUT2D eigenvalue weighted by Crippen LogP contribution is -2.44. The molecule has 0 radical (unpaired) electrons. The Morgan fingerprint density at radius 2 is 0.947 bits per heavy atom. The van der Waals surface area contributed by atoms with Crippen molar-refractivity contribution in [2.45, 2.75) is 206 Å². The zero-order chi connectivity index (χ0) is 42.1. The van der Waals surface area contributed by atoms with E-state index in [4.69, 9.17) is 18.9 Å².